The van der Waals surface area contributed by atoms with Crippen LogP contribution in [0.4, 0.5) is 5.69 Å². The SMILES string of the molecule is CC1CN(CC(=O)Nc2ccc(Cl)cc2)CC(C)N1.Cl. The lowest BCUT2D eigenvalue weighted by Crippen LogP contribution is -2.55. The third kappa shape index (κ3) is 5.29. The molecular formula is C14H21Cl2N3O. The highest BCUT2D eigenvalue weighted by molar-refractivity contribution is 6.30. The van der Waals surface area contributed by atoms with Crippen molar-refractivity contribution in [2.75, 3.05) is 25.0 Å². The topological polar surface area (TPSA) is 44.4 Å². The number of carbonyl (C=O) groups is 1. The summed E-state index contributed by atoms with van der Waals surface area (Å²) < 4.78 is 0. The summed E-state index contributed by atoms with van der Waals surface area (Å²) >= 11 is 5.81. The number of halogens is 2. The zero-order chi connectivity index (χ0) is 13.8. The number of amides is 1. The van der Waals surface area contributed by atoms with Gasteiger partial charge in [0.05, 0.1) is 6.54 Å². The average molecular weight is 318 g/mol. The van der Waals surface area contributed by atoms with Gasteiger partial charge in [-0.3, -0.25) is 9.69 Å². The van der Waals surface area contributed by atoms with Crippen molar-refractivity contribution >= 4 is 35.6 Å². The predicted molar refractivity (Wildman–Crippen MR) is 85.8 cm³/mol. The molecule has 1 amide bonds. The largest absolute Gasteiger partial charge is 0.325 e. The number of hydrogen-bond acceptors (Lipinski definition) is 3. The van der Waals surface area contributed by atoms with Crippen LogP contribution in [-0.4, -0.2) is 42.5 Å². The fraction of sp³-hybridized carbons (Fsp3) is 0.500. The Hall–Kier alpha value is -0.810. The average Bonchev–Trinajstić information content (AvgIpc) is 2.30. The zero-order valence-electron chi connectivity index (χ0n) is 11.7. The number of nitrogens with zero attached hydrogens (tertiary/aromatic N) is 1. The quantitative estimate of drug-likeness (QED) is 0.899. The normalized spacial score (nSPS) is 22.9. The van der Waals surface area contributed by atoms with Crippen LogP contribution in [-0.2, 0) is 4.79 Å². The Kier molecular flexibility index (Phi) is 6.76. The van der Waals surface area contributed by atoms with Gasteiger partial charge in [-0.25, -0.2) is 0 Å². The molecular weight excluding hydrogens is 297 g/mol. The van der Waals surface area contributed by atoms with E-state index in [-0.39, 0.29) is 18.3 Å². The molecule has 6 heteroatoms. The standard InChI is InChI=1S/C14H20ClN3O.ClH/c1-10-7-18(8-11(2)16-10)9-14(19)17-13-5-3-12(15)4-6-13;/h3-6,10-11,16H,7-9H2,1-2H3,(H,17,19);1H. The molecule has 2 unspecified atom stereocenters. The minimum atomic E-state index is 0. The van der Waals surface area contributed by atoms with Gasteiger partial charge in [-0.1, -0.05) is 11.6 Å². The number of anilines is 1. The fourth-order valence-corrected chi connectivity index (χ4v) is 2.63. The molecule has 1 aliphatic rings. The second-order valence-electron chi connectivity index (χ2n) is 5.22. The second-order valence-corrected chi connectivity index (χ2v) is 5.65. The Morgan fingerprint density at radius 3 is 2.40 bits per heavy atom. The van der Waals surface area contributed by atoms with Gasteiger partial charge in [0, 0.05) is 35.9 Å². The van der Waals surface area contributed by atoms with E-state index < -0.39 is 0 Å². The van der Waals surface area contributed by atoms with Gasteiger partial charge < -0.3 is 10.6 Å². The van der Waals surface area contributed by atoms with E-state index in [0.717, 1.165) is 18.8 Å². The Morgan fingerprint density at radius 2 is 1.85 bits per heavy atom. The van der Waals surface area contributed by atoms with Crippen LogP contribution in [0, 0.1) is 0 Å². The number of hydrogen-bond donors (Lipinski definition) is 2. The third-order valence-electron chi connectivity index (χ3n) is 3.13. The Labute approximate surface area is 131 Å². The zero-order valence-corrected chi connectivity index (χ0v) is 13.3. The summed E-state index contributed by atoms with van der Waals surface area (Å²) in [5.41, 5.74) is 0.783. The highest BCUT2D eigenvalue weighted by Crippen LogP contribution is 2.13. The Bertz CT molecular complexity index is 429. The number of benzene rings is 1. The van der Waals surface area contributed by atoms with Crippen LogP contribution in [0.3, 0.4) is 0 Å². The lowest BCUT2D eigenvalue weighted by Gasteiger charge is -2.35. The maximum absolute atomic E-state index is 12.0. The van der Waals surface area contributed by atoms with Gasteiger partial charge in [-0.05, 0) is 38.1 Å². The number of rotatable bonds is 3. The van der Waals surface area contributed by atoms with Crippen LogP contribution in [0.2, 0.25) is 5.02 Å². The van der Waals surface area contributed by atoms with E-state index in [4.69, 9.17) is 11.6 Å². The van der Waals surface area contributed by atoms with Crippen LogP contribution in [0.1, 0.15) is 13.8 Å². The Balaban J connectivity index is 0.00000200. The smallest absolute Gasteiger partial charge is 0.238 e. The van der Waals surface area contributed by atoms with E-state index in [1.165, 1.54) is 0 Å². The van der Waals surface area contributed by atoms with Gasteiger partial charge in [0.1, 0.15) is 0 Å². The third-order valence-corrected chi connectivity index (χ3v) is 3.38. The molecule has 0 spiro atoms. The van der Waals surface area contributed by atoms with Crippen molar-refractivity contribution < 1.29 is 4.79 Å². The van der Waals surface area contributed by atoms with Gasteiger partial charge >= 0.3 is 0 Å². The molecule has 1 fully saturated rings. The van der Waals surface area contributed by atoms with E-state index in [1.54, 1.807) is 12.1 Å². The molecule has 1 heterocycles. The van der Waals surface area contributed by atoms with Crippen molar-refractivity contribution in [3.63, 3.8) is 0 Å². The molecule has 0 aliphatic carbocycles. The maximum atomic E-state index is 12.0. The molecule has 1 aromatic carbocycles. The summed E-state index contributed by atoms with van der Waals surface area (Å²) in [6.45, 7) is 6.51. The van der Waals surface area contributed by atoms with Gasteiger partial charge in [0.2, 0.25) is 5.91 Å². The van der Waals surface area contributed by atoms with Crippen molar-refractivity contribution in [3.05, 3.63) is 29.3 Å². The molecule has 0 saturated carbocycles. The van der Waals surface area contributed by atoms with Crippen LogP contribution >= 0.6 is 24.0 Å². The van der Waals surface area contributed by atoms with Gasteiger partial charge in [-0.15, -0.1) is 12.4 Å². The van der Waals surface area contributed by atoms with Gasteiger partial charge in [0.15, 0.2) is 0 Å². The first-order valence-corrected chi connectivity index (χ1v) is 6.94. The molecule has 2 rings (SSSR count). The molecule has 0 radical (unpaired) electrons. The Morgan fingerprint density at radius 1 is 1.30 bits per heavy atom. The van der Waals surface area contributed by atoms with E-state index in [2.05, 4.69) is 29.4 Å². The van der Waals surface area contributed by atoms with Crippen LogP contribution in [0.15, 0.2) is 24.3 Å². The van der Waals surface area contributed by atoms with E-state index in [9.17, 15) is 4.79 Å². The first kappa shape index (κ1) is 17.2. The van der Waals surface area contributed by atoms with Gasteiger partial charge in [-0.2, -0.15) is 0 Å². The fourth-order valence-electron chi connectivity index (χ4n) is 2.51. The molecule has 1 aromatic rings. The first-order valence-electron chi connectivity index (χ1n) is 6.57. The lowest BCUT2D eigenvalue weighted by atomic mass is 10.1. The number of nitrogens with one attached hydrogen (secondary N) is 2. The molecule has 112 valence electrons. The van der Waals surface area contributed by atoms with Crippen LogP contribution in [0.25, 0.3) is 0 Å². The summed E-state index contributed by atoms with van der Waals surface area (Å²) in [5, 5.41) is 7.01. The summed E-state index contributed by atoms with van der Waals surface area (Å²) in [5.74, 6) is 0.0172. The molecule has 0 bridgehead atoms. The number of carbonyl (C=O) groups excluding carboxylic acids is 1. The molecule has 1 saturated heterocycles. The molecule has 0 aromatic heterocycles. The molecule has 2 atom stereocenters. The summed E-state index contributed by atoms with van der Waals surface area (Å²) in [6, 6.07) is 8.00. The summed E-state index contributed by atoms with van der Waals surface area (Å²) in [4.78, 5) is 14.2. The molecule has 4 nitrogen and oxygen atoms in total. The molecule has 2 N–H and O–H groups in total. The number of piperazine rings is 1. The maximum Gasteiger partial charge on any atom is 0.238 e. The summed E-state index contributed by atoms with van der Waals surface area (Å²) in [7, 11) is 0. The highest BCUT2D eigenvalue weighted by Gasteiger charge is 2.22. The monoisotopic (exact) mass is 317 g/mol. The minimum absolute atomic E-state index is 0. The lowest BCUT2D eigenvalue weighted by molar-refractivity contribution is -0.117. The van der Waals surface area contributed by atoms with E-state index in [1.807, 2.05) is 12.1 Å². The van der Waals surface area contributed by atoms with E-state index >= 15 is 0 Å². The van der Waals surface area contributed by atoms with Crippen molar-refractivity contribution in [2.45, 2.75) is 25.9 Å². The second kappa shape index (κ2) is 7.84. The predicted octanol–water partition coefficient (Wildman–Crippen LogP) is 2.38. The van der Waals surface area contributed by atoms with Crippen molar-refractivity contribution in [3.8, 4) is 0 Å². The van der Waals surface area contributed by atoms with Crippen LogP contribution < -0.4 is 10.6 Å². The first-order chi connectivity index (χ1) is 9.02. The minimum Gasteiger partial charge on any atom is -0.325 e. The van der Waals surface area contributed by atoms with Gasteiger partial charge in [0.25, 0.3) is 0 Å². The molecule has 1 aliphatic heterocycles. The summed E-state index contributed by atoms with van der Waals surface area (Å²) in [6.07, 6.45) is 0. The van der Waals surface area contributed by atoms with Crippen molar-refractivity contribution in [1.29, 1.82) is 0 Å². The highest BCUT2D eigenvalue weighted by atomic mass is 35.5. The van der Waals surface area contributed by atoms with E-state index in [0.29, 0.717) is 23.7 Å². The van der Waals surface area contributed by atoms with Crippen molar-refractivity contribution in [2.24, 2.45) is 0 Å². The van der Waals surface area contributed by atoms with Crippen LogP contribution in [0.5, 0.6) is 0 Å². The van der Waals surface area contributed by atoms with Crippen molar-refractivity contribution in [1.82, 2.24) is 10.2 Å². The molecule has 20 heavy (non-hydrogen) atoms.